The molecule has 0 atom stereocenters. The van der Waals surface area contributed by atoms with Gasteiger partial charge < -0.3 is 5.73 Å². The van der Waals surface area contributed by atoms with E-state index in [0.717, 1.165) is 24.8 Å². The summed E-state index contributed by atoms with van der Waals surface area (Å²) in [4.78, 5) is 4.29. The van der Waals surface area contributed by atoms with Crippen LogP contribution in [0.4, 0.5) is 0 Å². The third kappa shape index (κ3) is 4.14. The van der Waals surface area contributed by atoms with Gasteiger partial charge in [0.15, 0.2) is 0 Å². The molecule has 0 saturated carbocycles. The number of nitrogens with zero attached hydrogens (tertiary/aromatic N) is 2. The maximum absolute atomic E-state index is 8.75. The largest absolute Gasteiger partial charge is 0.387 e. The van der Waals surface area contributed by atoms with Crippen LogP contribution in [0.5, 0.6) is 0 Å². The lowest BCUT2D eigenvalue weighted by Crippen LogP contribution is -2.11. The highest BCUT2D eigenvalue weighted by Crippen LogP contribution is 2.06. The fraction of sp³-hybridized carbons (Fsp3) is 0.385. The van der Waals surface area contributed by atoms with Gasteiger partial charge in [0.05, 0.1) is 24.0 Å². The van der Waals surface area contributed by atoms with Crippen LogP contribution in [0.25, 0.3) is 0 Å². The van der Waals surface area contributed by atoms with Crippen molar-refractivity contribution in [3.8, 4) is 6.07 Å². The minimum absolute atomic E-state index is 0.561. The molecule has 16 heavy (non-hydrogen) atoms. The van der Waals surface area contributed by atoms with E-state index in [1.165, 1.54) is 0 Å². The summed E-state index contributed by atoms with van der Waals surface area (Å²) in [7, 11) is 0. The zero-order valence-corrected chi connectivity index (χ0v) is 9.61. The molecule has 3 nitrogen and oxygen atoms in total. The Balaban J connectivity index is 2.57. The van der Waals surface area contributed by atoms with Gasteiger partial charge in [-0.1, -0.05) is 25.5 Å². The Labute approximate surface area is 96.6 Å². The summed E-state index contributed by atoms with van der Waals surface area (Å²) in [5.74, 6) is 0.698. The van der Waals surface area contributed by atoms with Crippen LogP contribution in [0.15, 0.2) is 29.3 Å². The van der Waals surface area contributed by atoms with Crippen LogP contribution in [-0.4, -0.2) is 5.84 Å². The molecule has 0 aliphatic heterocycles. The van der Waals surface area contributed by atoms with E-state index in [2.05, 4.69) is 18.0 Å². The summed E-state index contributed by atoms with van der Waals surface area (Å²) in [6, 6.07) is 9.56. The number of rotatable bonds is 5. The zero-order valence-electron chi connectivity index (χ0n) is 9.61. The van der Waals surface area contributed by atoms with E-state index < -0.39 is 0 Å². The van der Waals surface area contributed by atoms with Crippen molar-refractivity contribution in [1.82, 2.24) is 0 Å². The highest BCUT2D eigenvalue weighted by Gasteiger charge is 1.95. The van der Waals surface area contributed by atoms with Crippen molar-refractivity contribution in [2.24, 2.45) is 10.7 Å². The SMILES string of the molecule is CCCCC(N)=NCc1cccc(C#N)c1. The lowest BCUT2D eigenvalue weighted by molar-refractivity contribution is 0.825. The molecule has 0 aliphatic carbocycles. The van der Waals surface area contributed by atoms with Gasteiger partial charge in [-0.25, -0.2) is 0 Å². The van der Waals surface area contributed by atoms with Gasteiger partial charge in [0.25, 0.3) is 0 Å². The Bertz CT molecular complexity index is 402. The van der Waals surface area contributed by atoms with Crippen LogP contribution < -0.4 is 5.73 Å². The van der Waals surface area contributed by atoms with E-state index in [4.69, 9.17) is 11.0 Å². The Hall–Kier alpha value is -1.82. The number of hydrogen-bond donors (Lipinski definition) is 1. The molecule has 0 aromatic heterocycles. The lowest BCUT2D eigenvalue weighted by Gasteiger charge is -2.00. The van der Waals surface area contributed by atoms with Crippen LogP contribution in [0.1, 0.15) is 37.3 Å². The van der Waals surface area contributed by atoms with Gasteiger partial charge in [0.2, 0.25) is 0 Å². The molecule has 1 aromatic rings. The third-order valence-corrected chi connectivity index (χ3v) is 2.31. The van der Waals surface area contributed by atoms with Crippen molar-refractivity contribution in [2.45, 2.75) is 32.7 Å². The van der Waals surface area contributed by atoms with E-state index >= 15 is 0 Å². The van der Waals surface area contributed by atoms with Gasteiger partial charge in [-0.05, 0) is 24.1 Å². The summed E-state index contributed by atoms with van der Waals surface area (Å²) in [5.41, 5.74) is 7.46. The maximum atomic E-state index is 8.75. The van der Waals surface area contributed by atoms with Crippen molar-refractivity contribution in [3.63, 3.8) is 0 Å². The molecule has 3 heteroatoms. The number of aliphatic imine (C=N–C) groups is 1. The highest BCUT2D eigenvalue weighted by atomic mass is 14.8. The normalized spacial score (nSPS) is 11.1. The van der Waals surface area contributed by atoms with Crippen molar-refractivity contribution in [2.75, 3.05) is 0 Å². The van der Waals surface area contributed by atoms with Crippen molar-refractivity contribution in [3.05, 3.63) is 35.4 Å². The smallest absolute Gasteiger partial charge is 0.0991 e. The summed E-state index contributed by atoms with van der Waals surface area (Å²) in [6.07, 6.45) is 3.06. The number of hydrogen-bond acceptors (Lipinski definition) is 2. The number of nitriles is 1. The van der Waals surface area contributed by atoms with E-state index in [0.29, 0.717) is 17.9 Å². The monoisotopic (exact) mass is 215 g/mol. The number of unbranched alkanes of at least 4 members (excludes halogenated alkanes) is 1. The van der Waals surface area contributed by atoms with Gasteiger partial charge in [0.1, 0.15) is 0 Å². The minimum Gasteiger partial charge on any atom is -0.387 e. The Morgan fingerprint density at radius 1 is 1.50 bits per heavy atom. The van der Waals surface area contributed by atoms with Gasteiger partial charge >= 0.3 is 0 Å². The average molecular weight is 215 g/mol. The van der Waals surface area contributed by atoms with E-state index in [9.17, 15) is 0 Å². The Morgan fingerprint density at radius 2 is 2.31 bits per heavy atom. The second-order valence-electron chi connectivity index (χ2n) is 3.72. The molecule has 2 N–H and O–H groups in total. The van der Waals surface area contributed by atoms with E-state index in [-0.39, 0.29) is 0 Å². The Morgan fingerprint density at radius 3 is 3.00 bits per heavy atom. The topological polar surface area (TPSA) is 62.2 Å². The number of benzene rings is 1. The van der Waals surface area contributed by atoms with Crippen LogP contribution in [0.3, 0.4) is 0 Å². The molecule has 0 fully saturated rings. The van der Waals surface area contributed by atoms with Crippen LogP contribution in [0, 0.1) is 11.3 Å². The molecule has 0 spiro atoms. The predicted octanol–water partition coefficient (Wildman–Crippen LogP) is 2.61. The van der Waals surface area contributed by atoms with Crippen LogP contribution in [0.2, 0.25) is 0 Å². The zero-order chi connectivity index (χ0) is 11.8. The fourth-order valence-corrected chi connectivity index (χ4v) is 1.37. The first-order chi connectivity index (χ1) is 7.76. The highest BCUT2D eigenvalue weighted by molar-refractivity contribution is 5.80. The molecule has 0 aliphatic rings. The molecule has 0 radical (unpaired) electrons. The summed E-state index contributed by atoms with van der Waals surface area (Å²) in [5, 5.41) is 8.75. The van der Waals surface area contributed by atoms with Crippen LogP contribution in [-0.2, 0) is 6.54 Å². The first-order valence-corrected chi connectivity index (χ1v) is 5.54. The van der Waals surface area contributed by atoms with Crippen molar-refractivity contribution >= 4 is 5.84 Å². The van der Waals surface area contributed by atoms with Gasteiger partial charge in [-0.15, -0.1) is 0 Å². The minimum atomic E-state index is 0.561. The number of amidine groups is 1. The predicted molar refractivity (Wildman–Crippen MR) is 66.0 cm³/mol. The second kappa shape index (κ2) is 6.62. The lowest BCUT2D eigenvalue weighted by atomic mass is 10.1. The van der Waals surface area contributed by atoms with Crippen LogP contribution >= 0.6 is 0 Å². The average Bonchev–Trinajstić information content (AvgIpc) is 2.34. The van der Waals surface area contributed by atoms with E-state index in [1.807, 2.05) is 18.2 Å². The second-order valence-corrected chi connectivity index (χ2v) is 3.72. The third-order valence-electron chi connectivity index (χ3n) is 2.31. The molecule has 84 valence electrons. The molecule has 0 heterocycles. The van der Waals surface area contributed by atoms with E-state index in [1.54, 1.807) is 6.07 Å². The maximum Gasteiger partial charge on any atom is 0.0991 e. The molecule has 0 unspecified atom stereocenters. The summed E-state index contributed by atoms with van der Waals surface area (Å²) >= 11 is 0. The molecule has 1 rings (SSSR count). The van der Waals surface area contributed by atoms with Gasteiger partial charge in [-0.2, -0.15) is 5.26 Å². The summed E-state index contributed by atoms with van der Waals surface area (Å²) in [6.45, 7) is 2.69. The molecule has 0 amide bonds. The molecule has 0 saturated heterocycles. The molecular formula is C13H17N3. The molecule has 0 bridgehead atoms. The standard InChI is InChI=1S/C13H17N3/c1-2-3-7-13(15)16-10-12-6-4-5-11(8-12)9-14/h4-6,8H,2-3,7,10H2,1H3,(H2,15,16). The quantitative estimate of drug-likeness (QED) is 0.606. The first-order valence-electron chi connectivity index (χ1n) is 5.54. The van der Waals surface area contributed by atoms with Gasteiger partial charge in [-0.3, -0.25) is 4.99 Å². The molecule has 1 aromatic carbocycles. The van der Waals surface area contributed by atoms with Gasteiger partial charge in [0, 0.05) is 6.42 Å². The Kier molecular flexibility index (Phi) is 5.07. The van der Waals surface area contributed by atoms with Crippen molar-refractivity contribution in [1.29, 1.82) is 5.26 Å². The van der Waals surface area contributed by atoms with Crippen molar-refractivity contribution < 1.29 is 0 Å². The fourth-order valence-electron chi connectivity index (χ4n) is 1.37. The summed E-state index contributed by atoms with van der Waals surface area (Å²) < 4.78 is 0. The number of nitrogens with two attached hydrogens (primary N) is 1. The first kappa shape index (κ1) is 12.3. The molecular weight excluding hydrogens is 198 g/mol.